The summed E-state index contributed by atoms with van der Waals surface area (Å²) in [5.41, 5.74) is 8.21. The Morgan fingerprint density at radius 1 is 1.24 bits per heavy atom. The van der Waals surface area contributed by atoms with E-state index in [1.165, 1.54) is 30.5 Å². The number of hydrogen-bond acceptors (Lipinski definition) is 4. The molecule has 1 aliphatic rings. The van der Waals surface area contributed by atoms with Crippen LogP contribution in [-0.2, 0) is 17.7 Å². The molecular formula is C21H40N2O2. The summed E-state index contributed by atoms with van der Waals surface area (Å²) in [4.78, 5) is 2.46. The van der Waals surface area contributed by atoms with Gasteiger partial charge >= 0.3 is 0 Å². The van der Waals surface area contributed by atoms with Crippen molar-refractivity contribution in [2.75, 3.05) is 39.5 Å². The van der Waals surface area contributed by atoms with Gasteiger partial charge in [-0.05, 0) is 55.7 Å². The zero-order valence-corrected chi connectivity index (χ0v) is 16.3. The Balaban J connectivity index is 0.00000201. The third-order valence-electron chi connectivity index (χ3n) is 4.61. The van der Waals surface area contributed by atoms with Gasteiger partial charge in [0.1, 0.15) is 0 Å². The molecule has 25 heavy (non-hydrogen) atoms. The molecule has 1 atom stereocenters. The van der Waals surface area contributed by atoms with Crippen molar-refractivity contribution in [2.45, 2.75) is 52.5 Å². The maximum atomic E-state index is 9.25. The van der Waals surface area contributed by atoms with Crippen LogP contribution >= 0.6 is 0 Å². The van der Waals surface area contributed by atoms with Crippen LogP contribution in [0, 0.1) is 5.92 Å². The first-order chi connectivity index (χ1) is 12.3. The van der Waals surface area contributed by atoms with Crippen molar-refractivity contribution in [1.29, 1.82) is 0 Å². The van der Waals surface area contributed by atoms with Gasteiger partial charge < -0.3 is 20.5 Å². The molecule has 0 amide bonds. The van der Waals surface area contributed by atoms with Crippen LogP contribution in [0.3, 0.4) is 0 Å². The number of likely N-dealkylation sites (tertiary alicyclic amines) is 1. The average Bonchev–Trinajstić information content (AvgIpc) is 2.69. The van der Waals surface area contributed by atoms with Crippen molar-refractivity contribution in [3.63, 3.8) is 0 Å². The zero-order valence-electron chi connectivity index (χ0n) is 16.3. The van der Waals surface area contributed by atoms with E-state index in [2.05, 4.69) is 29.2 Å². The second-order valence-electron chi connectivity index (χ2n) is 6.58. The SMILES string of the molecule is CC.NCc1cccc(CCCOCCCN2CCCC(CO)C2)c1.[HH]. The normalized spacial score (nSPS) is 17.8. The van der Waals surface area contributed by atoms with E-state index in [-0.39, 0.29) is 1.43 Å². The number of hydrogen-bond donors (Lipinski definition) is 2. The van der Waals surface area contributed by atoms with Crippen molar-refractivity contribution in [3.8, 4) is 0 Å². The number of aryl methyl sites for hydroxylation is 1. The first kappa shape index (κ1) is 22.1. The molecule has 1 heterocycles. The van der Waals surface area contributed by atoms with Crippen LogP contribution in [0.1, 0.15) is 52.1 Å². The zero-order chi connectivity index (χ0) is 18.3. The van der Waals surface area contributed by atoms with Gasteiger partial charge in [-0.2, -0.15) is 0 Å². The molecule has 1 saturated heterocycles. The summed E-state index contributed by atoms with van der Waals surface area (Å²) in [6, 6.07) is 8.50. The fourth-order valence-electron chi connectivity index (χ4n) is 3.29. The summed E-state index contributed by atoms with van der Waals surface area (Å²) in [7, 11) is 0. The number of rotatable bonds is 10. The van der Waals surface area contributed by atoms with Gasteiger partial charge in [0.2, 0.25) is 0 Å². The number of nitrogens with zero attached hydrogens (tertiary/aromatic N) is 1. The lowest BCUT2D eigenvalue weighted by molar-refractivity contribution is 0.0937. The lowest BCUT2D eigenvalue weighted by atomic mass is 9.99. The summed E-state index contributed by atoms with van der Waals surface area (Å²) >= 11 is 0. The highest BCUT2D eigenvalue weighted by molar-refractivity contribution is 5.23. The van der Waals surface area contributed by atoms with Crippen molar-refractivity contribution in [1.82, 2.24) is 4.90 Å². The van der Waals surface area contributed by atoms with Gasteiger partial charge in [0.25, 0.3) is 0 Å². The molecule has 1 fully saturated rings. The molecule has 1 aliphatic heterocycles. The predicted octanol–water partition coefficient (Wildman–Crippen LogP) is 3.46. The molecule has 0 aliphatic carbocycles. The molecular weight excluding hydrogens is 312 g/mol. The number of benzene rings is 1. The Hall–Kier alpha value is -0.940. The highest BCUT2D eigenvalue weighted by Crippen LogP contribution is 2.15. The largest absolute Gasteiger partial charge is 0.396 e. The summed E-state index contributed by atoms with van der Waals surface area (Å²) in [5, 5.41) is 9.25. The molecule has 1 aromatic carbocycles. The van der Waals surface area contributed by atoms with Crippen LogP contribution in [-0.4, -0.2) is 49.5 Å². The van der Waals surface area contributed by atoms with E-state index in [0.717, 1.165) is 45.6 Å². The van der Waals surface area contributed by atoms with Gasteiger partial charge in [-0.15, -0.1) is 0 Å². The van der Waals surface area contributed by atoms with E-state index < -0.39 is 0 Å². The minimum absolute atomic E-state index is 0. The molecule has 0 radical (unpaired) electrons. The van der Waals surface area contributed by atoms with E-state index in [0.29, 0.717) is 19.1 Å². The minimum atomic E-state index is 0. The Labute approximate surface area is 155 Å². The smallest absolute Gasteiger partial charge is 0.0478 e. The van der Waals surface area contributed by atoms with E-state index in [1.54, 1.807) is 0 Å². The van der Waals surface area contributed by atoms with Crippen molar-refractivity contribution in [2.24, 2.45) is 11.7 Å². The fraction of sp³-hybridized carbons (Fsp3) is 0.714. The molecule has 1 aromatic rings. The van der Waals surface area contributed by atoms with Gasteiger partial charge in [0.15, 0.2) is 0 Å². The van der Waals surface area contributed by atoms with Gasteiger partial charge in [-0.1, -0.05) is 38.1 Å². The van der Waals surface area contributed by atoms with Crippen LogP contribution in [0.2, 0.25) is 0 Å². The van der Waals surface area contributed by atoms with E-state index >= 15 is 0 Å². The Bertz CT molecular complexity index is 446. The van der Waals surface area contributed by atoms with Crippen LogP contribution in [0.4, 0.5) is 0 Å². The summed E-state index contributed by atoms with van der Waals surface area (Å²) in [6.45, 7) is 9.92. The first-order valence-corrected chi connectivity index (χ1v) is 10.0. The number of aliphatic hydroxyl groups excluding tert-OH is 1. The lowest BCUT2D eigenvalue weighted by Gasteiger charge is -2.31. The molecule has 4 heteroatoms. The monoisotopic (exact) mass is 352 g/mol. The van der Waals surface area contributed by atoms with Crippen LogP contribution < -0.4 is 5.73 Å². The highest BCUT2D eigenvalue weighted by Gasteiger charge is 2.18. The van der Waals surface area contributed by atoms with Crippen molar-refractivity contribution >= 4 is 0 Å². The first-order valence-electron chi connectivity index (χ1n) is 10.0. The Morgan fingerprint density at radius 3 is 2.76 bits per heavy atom. The van der Waals surface area contributed by atoms with Gasteiger partial charge in [-0.25, -0.2) is 0 Å². The lowest BCUT2D eigenvalue weighted by Crippen LogP contribution is -2.37. The van der Waals surface area contributed by atoms with Gasteiger partial charge in [-0.3, -0.25) is 0 Å². The number of piperidine rings is 1. The predicted molar refractivity (Wildman–Crippen MR) is 108 cm³/mol. The summed E-state index contributed by atoms with van der Waals surface area (Å²) in [6.07, 6.45) is 5.59. The third-order valence-corrected chi connectivity index (χ3v) is 4.61. The van der Waals surface area contributed by atoms with Gasteiger partial charge in [0.05, 0.1) is 0 Å². The molecule has 0 aromatic heterocycles. The Kier molecular flexibility index (Phi) is 12.6. The molecule has 146 valence electrons. The van der Waals surface area contributed by atoms with Crippen molar-refractivity contribution in [3.05, 3.63) is 35.4 Å². The second kappa shape index (κ2) is 14.3. The van der Waals surface area contributed by atoms with Gasteiger partial charge in [0, 0.05) is 40.9 Å². The maximum Gasteiger partial charge on any atom is 0.0478 e. The quantitative estimate of drug-likeness (QED) is 0.633. The average molecular weight is 353 g/mol. The second-order valence-corrected chi connectivity index (χ2v) is 6.58. The molecule has 2 rings (SSSR count). The number of aliphatic hydroxyl groups is 1. The third kappa shape index (κ3) is 9.36. The van der Waals surface area contributed by atoms with E-state index in [1.807, 2.05) is 13.8 Å². The van der Waals surface area contributed by atoms with Crippen LogP contribution in [0.5, 0.6) is 0 Å². The number of nitrogens with two attached hydrogens (primary N) is 1. The molecule has 0 spiro atoms. The number of ether oxygens (including phenoxy) is 1. The minimum Gasteiger partial charge on any atom is -0.396 e. The highest BCUT2D eigenvalue weighted by atomic mass is 16.5. The van der Waals surface area contributed by atoms with Crippen molar-refractivity contribution < 1.29 is 11.3 Å². The fourth-order valence-corrected chi connectivity index (χ4v) is 3.29. The standard InChI is InChI=1S/C19H32N2O2.C2H6.H2/c20-14-18-6-1-5-17(13-18)8-3-11-23-12-4-10-21-9-2-7-19(15-21)16-22;1-2;/h1,5-6,13,19,22H,2-4,7-12,14-16,20H2;1-2H3;1H. The molecule has 0 bridgehead atoms. The maximum absolute atomic E-state index is 9.25. The van der Waals surface area contributed by atoms with Crippen LogP contribution in [0.15, 0.2) is 24.3 Å². The Morgan fingerprint density at radius 2 is 2.00 bits per heavy atom. The molecule has 4 nitrogen and oxygen atoms in total. The summed E-state index contributed by atoms with van der Waals surface area (Å²) < 4.78 is 5.76. The molecule has 3 N–H and O–H groups in total. The summed E-state index contributed by atoms with van der Waals surface area (Å²) in [5.74, 6) is 0.481. The van der Waals surface area contributed by atoms with E-state index in [4.69, 9.17) is 10.5 Å². The molecule has 1 unspecified atom stereocenters. The van der Waals surface area contributed by atoms with Crippen LogP contribution in [0.25, 0.3) is 0 Å². The topological polar surface area (TPSA) is 58.7 Å². The molecule has 0 saturated carbocycles. The van der Waals surface area contributed by atoms with E-state index in [9.17, 15) is 5.11 Å².